The van der Waals surface area contributed by atoms with E-state index in [1.807, 2.05) is 43.0 Å². The maximum absolute atomic E-state index is 12.9. The van der Waals surface area contributed by atoms with Crippen LogP contribution in [0.5, 0.6) is 0 Å². The number of methoxy groups -OCH3 is 1. The molecule has 0 aromatic heterocycles. The van der Waals surface area contributed by atoms with Gasteiger partial charge in [0.05, 0.1) is 13.0 Å². The van der Waals surface area contributed by atoms with Gasteiger partial charge < -0.3 is 9.64 Å². The van der Waals surface area contributed by atoms with Gasteiger partial charge in [-0.3, -0.25) is 9.59 Å². The lowest BCUT2D eigenvalue weighted by Gasteiger charge is -2.31. The molecule has 1 unspecified atom stereocenters. The minimum Gasteiger partial charge on any atom is -0.469 e. The van der Waals surface area contributed by atoms with Gasteiger partial charge in [0.2, 0.25) is 0 Å². The van der Waals surface area contributed by atoms with Gasteiger partial charge in [0.1, 0.15) is 0 Å². The Kier molecular flexibility index (Phi) is 5.58. The fourth-order valence-corrected chi connectivity index (χ4v) is 3.13. The summed E-state index contributed by atoms with van der Waals surface area (Å²) in [4.78, 5) is 26.5. The van der Waals surface area contributed by atoms with Crippen LogP contribution in [0.15, 0.2) is 24.3 Å². The van der Waals surface area contributed by atoms with Gasteiger partial charge >= 0.3 is 5.97 Å². The average molecular weight is 303 g/mol. The molecule has 0 bridgehead atoms. The highest BCUT2D eigenvalue weighted by Crippen LogP contribution is 2.26. The molecule has 0 radical (unpaired) electrons. The number of ether oxygens (including phenoxy) is 1. The molecule has 1 saturated carbocycles. The van der Waals surface area contributed by atoms with E-state index in [1.54, 1.807) is 0 Å². The highest BCUT2D eigenvalue weighted by Gasteiger charge is 2.30. The molecule has 1 aliphatic carbocycles. The Hall–Kier alpha value is -1.84. The lowest BCUT2D eigenvalue weighted by Crippen LogP contribution is -2.43. The van der Waals surface area contributed by atoms with E-state index in [2.05, 4.69) is 0 Å². The number of carbonyl (C=O) groups excluding carboxylic acids is 2. The second kappa shape index (κ2) is 7.43. The van der Waals surface area contributed by atoms with Crippen molar-refractivity contribution in [1.29, 1.82) is 0 Å². The first-order chi connectivity index (χ1) is 10.5. The molecule has 1 aliphatic rings. The summed E-state index contributed by atoms with van der Waals surface area (Å²) < 4.78 is 4.80. The quantitative estimate of drug-likeness (QED) is 0.785. The van der Waals surface area contributed by atoms with E-state index in [9.17, 15) is 9.59 Å². The van der Waals surface area contributed by atoms with Crippen LogP contribution in [0, 0.1) is 12.8 Å². The molecule has 4 heteroatoms. The number of hydrogen-bond acceptors (Lipinski definition) is 3. The Morgan fingerprint density at radius 3 is 2.59 bits per heavy atom. The van der Waals surface area contributed by atoms with Crippen molar-refractivity contribution in [3.8, 4) is 0 Å². The molecule has 4 nitrogen and oxygen atoms in total. The van der Waals surface area contributed by atoms with Crippen LogP contribution in [0.3, 0.4) is 0 Å². The third-order valence-electron chi connectivity index (χ3n) is 4.37. The van der Waals surface area contributed by atoms with E-state index in [-0.39, 0.29) is 23.8 Å². The number of benzene rings is 1. The van der Waals surface area contributed by atoms with Crippen LogP contribution in [-0.2, 0) is 9.53 Å². The molecule has 0 N–H and O–H groups in total. The van der Waals surface area contributed by atoms with Crippen molar-refractivity contribution in [1.82, 2.24) is 4.90 Å². The number of aryl methyl sites for hydroxylation is 1. The third-order valence-corrected chi connectivity index (χ3v) is 4.37. The minimum atomic E-state index is -0.306. The van der Waals surface area contributed by atoms with Crippen LogP contribution < -0.4 is 0 Å². The van der Waals surface area contributed by atoms with E-state index < -0.39 is 0 Å². The molecule has 0 spiro atoms. The Bertz CT molecular complexity index is 535. The topological polar surface area (TPSA) is 46.6 Å². The fourth-order valence-electron chi connectivity index (χ4n) is 3.13. The van der Waals surface area contributed by atoms with E-state index in [1.165, 1.54) is 7.11 Å². The average Bonchev–Trinajstić information content (AvgIpc) is 3.05. The molecule has 1 aromatic rings. The van der Waals surface area contributed by atoms with Crippen molar-refractivity contribution in [2.45, 2.75) is 45.6 Å². The Labute approximate surface area is 132 Å². The fraction of sp³-hybridized carbons (Fsp3) is 0.556. The van der Waals surface area contributed by atoms with Gasteiger partial charge in [0, 0.05) is 18.2 Å². The largest absolute Gasteiger partial charge is 0.469 e. The van der Waals surface area contributed by atoms with Gasteiger partial charge in [0.15, 0.2) is 0 Å². The lowest BCUT2D eigenvalue weighted by atomic mass is 10.1. The molecule has 1 fully saturated rings. The van der Waals surface area contributed by atoms with Crippen LogP contribution >= 0.6 is 0 Å². The zero-order valence-corrected chi connectivity index (χ0v) is 13.7. The molecule has 0 aliphatic heterocycles. The molecule has 0 heterocycles. The predicted octanol–water partition coefficient (Wildman–Crippen LogP) is 3.19. The van der Waals surface area contributed by atoms with Crippen molar-refractivity contribution in [3.05, 3.63) is 35.4 Å². The number of rotatable bonds is 5. The Balaban J connectivity index is 2.19. The SMILES string of the molecule is COC(=O)C(C)CN(C(=O)c1cccc(C)c1)C1CCCC1. The van der Waals surface area contributed by atoms with Crippen LogP contribution in [0.2, 0.25) is 0 Å². The summed E-state index contributed by atoms with van der Waals surface area (Å²) in [5.74, 6) is -0.550. The summed E-state index contributed by atoms with van der Waals surface area (Å²) in [6.07, 6.45) is 4.33. The second-order valence-corrected chi connectivity index (χ2v) is 6.19. The van der Waals surface area contributed by atoms with Gasteiger partial charge in [-0.05, 0) is 31.9 Å². The van der Waals surface area contributed by atoms with Crippen molar-refractivity contribution < 1.29 is 14.3 Å². The predicted molar refractivity (Wildman–Crippen MR) is 85.7 cm³/mol. The standard InChI is InChI=1S/C18H25NO3/c1-13-7-6-8-15(11-13)17(20)19(16-9-4-5-10-16)12-14(2)18(21)22-3/h6-8,11,14,16H,4-5,9-10,12H2,1-3H3. The van der Waals surface area contributed by atoms with E-state index in [0.29, 0.717) is 12.1 Å². The van der Waals surface area contributed by atoms with Crippen molar-refractivity contribution in [3.63, 3.8) is 0 Å². The number of amides is 1. The number of nitrogens with zero attached hydrogens (tertiary/aromatic N) is 1. The Morgan fingerprint density at radius 1 is 1.32 bits per heavy atom. The summed E-state index contributed by atoms with van der Waals surface area (Å²) in [6.45, 7) is 4.22. The zero-order valence-electron chi connectivity index (χ0n) is 13.7. The van der Waals surface area contributed by atoms with Gasteiger partial charge in [-0.15, -0.1) is 0 Å². The second-order valence-electron chi connectivity index (χ2n) is 6.19. The lowest BCUT2D eigenvalue weighted by molar-refractivity contribution is -0.145. The van der Waals surface area contributed by atoms with Gasteiger partial charge in [0.25, 0.3) is 5.91 Å². The molecule has 1 aromatic carbocycles. The molecule has 120 valence electrons. The maximum atomic E-state index is 12.9. The van der Waals surface area contributed by atoms with Crippen molar-refractivity contribution in [2.75, 3.05) is 13.7 Å². The first-order valence-corrected chi connectivity index (χ1v) is 7.98. The molecular formula is C18H25NO3. The summed E-state index contributed by atoms with van der Waals surface area (Å²) in [5.41, 5.74) is 1.77. The number of carbonyl (C=O) groups is 2. The smallest absolute Gasteiger partial charge is 0.310 e. The normalized spacial score (nSPS) is 16.3. The van der Waals surface area contributed by atoms with Gasteiger partial charge in [-0.2, -0.15) is 0 Å². The molecule has 0 saturated heterocycles. The molecule has 2 rings (SSSR count). The number of hydrogen-bond donors (Lipinski definition) is 0. The monoisotopic (exact) mass is 303 g/mol. The van der Waals surface area contributed by atoms with Crippen LogP contribution in [0.25, 0.3) is 0 Å². The van der Waals surface area contributed by atoms with Crippen molar-refractivity contribution in [2.24, 2.45) is 5.92 Å². The molecule has 22 heavy (non-hydrogen) atoms. The maximum Gasteiger partial charge on any atom is 0.310 e. The van der Waals surface area contributed by atoms with E-state index in [4.69, 9.17) is 4.74 Å². The summed E-state index contributed by atoms with van der Waals surface area (Å²) in [5, 5.41) is 0. The first-order valence-electron chi connectivity index (χ1n) is 7.98. The van der Waals surface area contributed by atoms with Crippen LogP contribution in [0.1, 0.15) is 48.5 Å². The molecular weight excluding hydrogens is 278 g/mol. The zero-order chi connectivity index (χ0) is 16.1. The third kappa shape index (κ3) is 3.87. The van der Waals surface area contributed by atoms with Crippen molar-refractivity contribution >= 4 is 11.9 Å². The molecule has 1 amide bonds. The van der Waals surface area contributed by atoms with Crippen LogP contribution in [-0.4, -0.2) is 36.5 Å². The number of esters is 1. The Morgan fingerprint density at radius 2 is 2.00 bits per heavy atom. The van der Waals surface area contributed by atoms with Gasteiger partial charge in [-0.1, -0.05) is 37.5 Å². The van der Waals surface area contributed by atoms with Crippen LogP contribution in [0.4, 0.5) is 0 Å². The molecule has 1 atom stereocenters. The highest BCUT2D eigenvalue weighted by molar-refractivity contribution is 5.95. The minimum absolute atomic E-state index is 0.0198. The van der Waals surface area contributed by atoms with E-state index in [0.717, 1.165) is 31.2 Å². The van der Waals surface area contributed by atoms with E-state index >= 15 is 0 Å². The summed E-state index contributed by atoms with van der Waals surface area (Å²) in [7, 11) is 1.39. The first kappa shape index (κ1) is 16.5. The summed E-state index contributed by atoms with van der Waals surface area (Å²) >= 11 is 0. The highest BCUT2D eigenvalue weighted by atomic mass is 16.5. The van der Waals surface area contributed by atoms with Gasteiger partial charge in [-0.25, -0.2) is 0 Å². The summed E-state index contributed by atoms with van der Waals surface area (Å²) in [6, 6.07) is 7.88.